The lowest BCUT2D eigenvalue weighted by Crippen LogP contribution is -2.39. The standard InChI is InChI=1S/C23H23FN2O4S/c1-2-3-11-25-21(27)14-26-22(28)20(31-23(26)29)13-16-7-9-19(10-8-16)30-15-17-5-4-6-18(24)12-17/h4-10,12-13H,2-3,11,14-15H2,1H3,(H,25,27)/b20-13-. The summed E-state index contributed by atoms with van der Waals surface area (Å²) in [5, 5.41) is 2.24. The molecule has 0 aromatic heterocycles. The van der Waals surface area contributed by atoms with Crippen LogP contribution in [0.5, 0.6) is 5.75 Å². The van der Waals surface area contributed by atoms with Gasteiger partial charge in [0, 0.05) is 6.54 Å². The number of hydrogen-bond acceptors (Lipinski definition) is 5. The van der Waals surface area contributed by atoms with E-state index in [0.717, 1.165) is 40.6 Å². The van der Waals surface area contributed by atoms with E-state index >= 15 is 0 Å². The minimum Gasteiger partial charge on any atom is -0.489 e. The Hall–Kier alpha value is -3.13. The van der Waals surface area contributed by atoms with Crippen molar-refractivity contribution < 1.29 is 23.5 Å². The van der Waals surface area contributed by atoms with Crippen LogP contribution in [0.1, 0.15) is 30.9 Å². The molecule has 162 valence electrons. The first-order valence-corrected chi connectivity index (χ1v) is 10.8. The Bertz CT molecular complexity index is 991. The maximum Gasteiger partial charge on any atom is 0.294 e. The van der Waals surface area contributed by atoms with Gasteiger partial charge in [-0.1, -0.05) is 37.6 Å². The third-order valence-electron chi connectivity index (χ3n) is 4.50. The van der Waals surface area contributed by atoms with Gasteiger partial charge in [-0.15, -0.1) is 0 Å². The van der Waals surface area contributed by atoms with Crippen molar-refractivity contribution in [2.45, 2.75) is 26.4 Å². The minimum atomic E-state index is -0.480. The molecule has 3 rings (SSSR count). The van der Waals surface area contributed by atoms with Gasteiger partial charge in [0.25, 0.3) is 11.1 Å². The molecular formula is C23H23FN2O4S. The summed E-state index contributed by atoms with van der Waals surface area (Å²) in [6.45, 7) is 2.49. The van der Waals surface area contributed by atoms with E-state index in [0.29, 0.717) is 12.3 Å². The molecule has 31 heavy (non-hydrogen) atoms. The second kappa shape index (κ2) is 10.8. The highest BCUT2D eigenvalue weighted by Gasteiger charge is 2.36. The molecule has 3 amide bonds. The van der Waals surface area contributed by atoms with Crippen molar-refractivity contribution in [2.24, 2.45) is 0 Å². The highest BCUT2D eigenvalue weighted by atomic mass is 32.2. The zero-order valence-electron chi connectivity index (χ0n) is 17.1. The number of benzene rings is 2. The van der Waals surface area contributed by atoms with Gasteiger partial charge in [-0.2, -0.15) is 0 Å². The van der Waals surface area contributed by atoms with E-state index in [1.807, 2.05) is 6.92 Å². The molecule has 0 radical (unpaired) electrons. The van der Waals surface area contributed by atoms with E-state index in [9.17, 15) is 18.8 Å². The lowest BCUT2D eigenvalue weighted by atomic mass is 10.2. The van der Waals surface area contributed by atoms with Crippen molar-refractivity contribution in [2.75, 3.05) is 13.1 Å². The summed E-state index contributed by atoms with van der Waals surface area (Å²) in [5.74, 6) is -0.550. The zero-order valence-corrected chi connectivity index (χ0v) is 17.9. The van der Waals surface area contributed by atoms with Crippen molar-refractivity contribution in [3.05, 3.63) is 70.4 Å². The van der Waals surface area contributed by atoms with Gasteiger partial charge in [0.2, 0.25) is 5.91 Å². The first-order valence-electron chi connectivity index (χ1n) is 9.95. The molecule has 1 aliphatic rings. The molecule has 1 heterocycles. The van der Waals surface area contributed by atoms with E-state index in [1.165, 1.54) is 12.1 Å². The first-order chi connectivity index (χ1) is 15.0. The number of nitrogens with zero attached hydrogens (tertiary/aromatic N) is 1. The number of rotatable bonds is 9. The Kier molecular flexibility index (Phi) is 7.83. The number of thioether (sulfide) groups is 1. The van der Waals surface area contributed by atoms with Crippen molar-refractivity contribution in [1.82, 2.24) is 10.2 Å². The summed E-state index contributed by atoms with van der Waals surface area (Å²) >= 11 is 0.812. The van der Waals surface area contributed by atoms with Gasteiger partial charge < -0.3 is 10.1 Å². The third kappa shape index (κ3) is 6.42. The lowest BCUT2D eigenvalue weighted by molar-refractivity contribution is -0.129. The minimum absolute atomic E-state index is 0.232. The molecule has 2 aromatic rings. The smallest absolute Gasteiger partial charge is 0.294 e. The molecular weight excluding hydrogens is 419 g/mol. The average Bonchev–Trinajstić information content (AvgIpc) is 3.01. The molecule has 0 unspecified atom stereocenters. The molecule has 0 bridgehead atoms. The summed E-state index contributed by atoms with van der Waals surface area (Å²) < 4.78 is 18.9. The Labute approximate surface area is 184 Å². The molecule has 1 saturated heterocycles. The number of unbranched alkanes of at least 4 members (excludes halogenated alkanes) is 1. The van der Waals surface area contributed by atoms with Crippen LogP contribution in [0.25, 0.3) is 6.08 Å². The molecule has 1 N–H and O–H groups in total. The molecule has 0 atom stereocenters. The topological polar surface area (TPSA) is 75.7 Å². The van der Waals surface area contributed by atoms with Crippen LogP contribution in [-0.4, -0.2) is 35.0 Å². The summed E-state index contributed by atoms with van der Waals surface area (Å²) in [6, 6.07) is 13.2. The fourth-order valence-electron chi connectivity index (χ4n) is 2.85. The Morgan fingerprint density at radius 1 is 1.19 bits per heavy atom. The molecule has 0 saturated carbocycles. The highest BCUT2D eigenvalue weighted by Crippen LogP contribution is 2.32. The van der Waals surface area contributed by atoms with Gasteiger partial charge >= 0.3 is 0 Å². The van der Waals surface area contributed by atoms with Crippen molar-refractivity contribution in [3.8, 4) is 5.75 Å². The average molecular weight is 443 g/mol. The zero-order chi connectivity index (χ0) is 22.2. The number of nitrogens with one attached hydrogen (secondary N) is 1. The summed E-state index contributed by atoms with van der Waals surface area (Å²) in [5.41, 5.74) is 1.44. The van der Waals surface area contributed by atoms with Crippen molar-refractivity contribution in [1.29, 1.82) is 0 Å². The van der Waals surface area contributed by atoms with Gasteiger partial charge in [-0.05, 0) is 59.7 Å². The SMILES string of the molecule is CCCCNC(=O)CN1C(=O)S/C(=C\c2ccc(OCc3cccc(F)c3)cc2)C1=O. The number of ether oxygens (including phenoxy) is 1. The summed E-state index contributed by atoms with van der Waals surface area (Å²) in [6.07, 6.45) is 3.39. The number of carbonyl (C=O) groups is 3. The van der Waals surface area contributed by atoms with Crippen LogP contribution >= 0.6 is 11.8 Å². The predicted molar refractivity (Wildman–Crippen MR) is 118 cm³/mol. The van der Waals surface area contributed by atoms with Crippen LogP contribution in [0, 0.1) is 5.82 Å². The van der Waals surface area contributed by atoms with Crippen LogP contribution in [-0.2, 0) is 16.2 Å². The van der Waals surface area contributed by atoms with Gasteiger partial charge in [0.05, 0.1) is 4.91 Å². The normalized spacial score (nSPS) is 14.9. The monoisotopic (exact) mass is 442 g/mol. The maximum atomic E-state index is 13.2. The molecule has 1 aliphatic heterocycles. The molecule has 8 heteroatoms. The second-order valence-corrected chi connectivity index (χ2v) is 7.95. The molecule has 6 nitrogen and oxygen atoms in total. The van der Waals surface area contributed by atoms with E-state index in [4.69, 9.17) is 4.74 Å². The van der Waals surface area contributed by atoms with Crippen molar-refractivity contribution >= 4 is 34.9 Å². The highest BCUT2D eigenvalue weighted by molar-refractivity contribution is 8.18. The Balaban J connectivity index is 1.58. The Morgan fingerprint density at radius 3 is 2.68 bits per heavy atom. The van der Waals surface area contributed by atoms with E-state index in [-0.39, 0.29) is 29.8 Å². The maximum absolute atomic E-state index is 13.2. The van der Waals surface area contributed by atoms with Crippen LogP contribution in [0.3, 0.4) is 0 Å². The fourth-order valence-corrected chi connectivity index (χ4v) is 3.68. The summed E-state index contributed by atoms with van der Waals surface area (Å²) in [4.78, 5) is 37.8. The van der Waals surface area contributed by atoms with Crippen LogP contribution < -0.4 is 10.1 Å². The van der Waals surface area contributed by atoms with Crippen molar-refractivity contribution in [3.63, 3.8) is 0 Å². The first kappa shape index (κ1) is 22.6. The number of amides is 3. The van der Waals surface area contributed by atoms with E-state index in [2.05, 4.69) is 5.32 Å². The van der Waals surface area contributed by atoms with Gasteiger partial charge in [0.1, 0.15) is 24.7 Å². The predicted octanol–water partition coefficient (Wildman–Crippen LogP) is 4.36. The van der Waals surface area contributed by atoms with Crippen LogP contribution in [0.15, 0.2) is 53.4 Å². The van der Waals surface area contributed by atoms with Crippen LogP contribution in [0.2, 0.25) is 0 Å². The van der Waals surface area contributed by atoms with E-state index in [1.54, 1.807) is 42.5 Å². The summed E-state index contributed by atoms with van der Waals surface area (Å²) in [7, 11) is 0. The van der Waals surface area contributed by atoms with Gasteiger partial charge in [-0.3, -0.25) is 19.3 Å². The van der Waals surface area contributed by atoms with Gasteiger partial charge in [0.15, 0.2) is 0 Å². The van der Waals surface area contributed by atoms with E-state index < -0.39 is 11.1 Å². The number of carbonyl (C=O) groups excluding carboxylic acids is 3. The Morgan fingerprint density at radius 2 is 1.97 bits per heavy atom. The number of hydrogen-bond donors (Lipinski definition) is 1. The largest absolute Gasteiger partial charge is 0.489 e. The number of halogens is 1. The van der Waals surface area contributed by atoms with Gasteiger partial charge in [-0.25, -0.2) is 4.39 Å². The molecule has 0 aliphatic carbocycles. The molecule has 0 spiro atoms. The third-order valence-corrected chi connectivity index (χ3v) is 5.41. The number of imide groups is 1. The second-order valence-electron chi connectivity index (χ2n) is 6.96. The van der Waals surface area contributed by atoms with Crippen LogP contribution in [0.4, 0.5) is 9.18 Å². The lowest BCUT2D eigenvalue weighted by Gasteiger charge is -2.12. The molecule has 2 aromatic carbocycles. The molecule has 1 fully saturated rings. The quantitative estimate of drug-likeness (QED) is 0.461. The fraction of sp³-hybridized carbons (Fsp3) is 0.261.